The number of hydrogen-bond acceptors (Lipinski definition) is 2. The fourth-order valence-corrected chi connectivity index (χ4v) is 2.78. The maximum atomic E-state index is 12.1. The predicted octanol–water partition coefficient (Wildman–Crippen LogP) is 1.13. The molecule has 1 saturated heterocycles. The lowest BCUT2D eigenvalue weighted by Gasteiger charge is -2.26. The van der Waals surface area contributed by atoms with Gasteiger partial charge in [0.05, 0.1) is 0 Å². The minimum atomic E-state index is 0.321. The maximum absolute atomic E-state index is 12.1. The van der Waals surface area contributed by atoms with E-state index in [2.05, 4.69) is 0 Å². The fraction of sp³-hybridized carbons (Fsp3) is 0.909. The third kappa shape index (κ3) is 1.78. The Morgan fingerprint density at radius 1 is 1.21 bits per heavy atom. The first-order chi connectivity index (χ1) is 6.83. The third-order valence-electron chi connectivity index (χ3n) is 3.64. The molecule has 0 aromatic carbocycles. The summed E-state index contributed by atoms with van der Waals surface area (Å²) in [5.74, 6) is 0.706. The van der Waals surface area contributed by atoms with Crippen molar-refractivity contribution in [3.05, 3.63) is 0 Å². The smallest absolute Gasteiger partial charge is 0.225 e. The van der Waals surface area contributed by atoms with E-state index in [0.29, 0.717) is 24.4 Å². The van der Waals surface area contributed by atoms with Crippen LogP contribution in [0, 0.1) is 5.92 Å². The van der Waals surface area contributed by atoms with Crippen LogP contribution in [-0.4, -0.2) is 29.9 Å². The molecule has 2 rings (SSSR count). The zero-order valence-electron chi connectivity index (χ0n) is 8.74. The van der Waals surface area contributed by atoms with Crippen molar-refractivity contribution in [2.75, 3.05) is 13.1 Å². The van der Waals surface area contributed by atoms with E-state index in [1.165, 1.54) is 12.8 Å². The molecule has 1 saturated carbocycles. The van der Waals surface area contributed by atoms with Crippen molar-refractivity contribution >= 4 is 5.91 Å². The normalized spacial score (nSPS) is 28.6. The lowest BCUT2D eigenvalue weighted by atomic mass is 10.1. The number of carbonyl (C=O) groups excluding carboxylic acids is 1. The van der Waals surface area contributed by atoms with E-state index in [-0.39, 0.29) is 0 Å². The van der Waals surface area contributed by atoms with Crippen LogP contribution in [0.4, 0.5) is 0 Å². The second kappa shape index (κ2) is 4.30. The molecule has 0 radical (unpaired) electrons. The molecule has 3 nitrogen and oxygen atoms in total. The van der Waals surface area contributed by atoms with E-state index >= 15 is 0 Å². The number of nitrogens with two attached hydrogens (primary N) is 1. The lowest BCUT2D eigenvalue weighted by Crippen LogP contribution is -2.42. The molecule has 0 aromatic heterocycles. The van der Waals surface area contributed by atoms with Gasteiger partial charge in [0.25, 0.3) is 0 Å². The molecule has 2 aliphatic rings. The summed E-state index contributed by atoms with van der Waals surface area (Å²) in [6.45, 7) is 1.58. The number of amides is 1. The number of rotatable bonds is 2. The summed E-state index contributed by atoms with van der Waals surface area (Å²) < 4.78 is 0. The van der Waals surface area contributed by atoms with Gasteiger partial charge in [-0.2, -0.15) is 0 Å². The van der Waals surface area contributed by atoms with Crippen molar-refractivity contribution < 1.29 is 4.79 Å². The van der Waals surface area contributed by atoms with Gasteiger partial charge >= 0.3 is 0 Å². The standard InChI is InChI=1S/C11H20N2O/c12-8-10-6-3-7-13(10)11(14)9-4-1-2-5-9/h9-10H,1-8,12H2. The molecule has 0 spiro atoms. The van der Waals surface area contributed by atoms with Crippen molar-refractivity contribution in [3.63, 3.8) is 0 Å². The average Bonchev–Trinajstić information content (AvgIpc) is 2.87. The number of likely N-dealkylation sites (tertiary alicyclic amines) is 1. The SMILES string of the molecule is NCC1CCCN1C(=O)C1CCCC1. The van der Waals surface area contributed by atoms with E-state index < -0.39 is 0 Å². The van der Waals surface area contributed by atoms with Crippen molar-refractivity contribution in [3.8, 4) is 0 Å². The Kier molecular flexibility index (Phi) is 3.06. The molecule has 1 unspecified atom stereocenters. The van der Waals surface area contributed by atoms with Gasteiger partial charge in [-0.3, -0.25) is 4.79 Å². The van der Waals surface area contributed by atoms with Crippen LogP contribution in [-0.2, 0) is 4.79 Å². The highest BCUT2D eigenvalue weighted by Gasteiger charge is 2.33. The minimum absolute atomic E-state index is 0.321. The van der Waals surface area contributed by atoms with Crippen LogP contribution >= 0.6 is 0 Å². The van der Waals surface area contributed by atoms with Crippen molar-refractivity contribution in [2.24, 2.45) is 11.7 Å². The van der Waals surface area contributed by atoms with Crippen LogP contribution in [0.2, 0.25) is 0 Å². The van der Waals surface area contributed by atoms with Gasteiger partial charge in [0.1, 0.15) is 0 Å². The average molecular weight is 196 g/mol. The van der Waals surface area contributed by atoms with Gasteiger partial charge in [-0.1, -0.05) is 12.8 Å². The maximum Gasteiger partial charge on any atom is 0.225 e. The van der Waals surface area contributed by atoms with Gasteiger partial charge in [-0.05, 0) is 25.7 Å². The van der Waals surface area contributed by atoms with Crippen LogP contribution in [0.1, 0.15) is 38.5 Å². The summed E-state index contributed by atoms with van der Waals surface area (Å²) >= 11 is 0. The van der Waals surface area contributed by atoms with E-state index in [0.717, 1.165) is 32.2 Å². The molecular weight excluding hydrogens is 176 g/mol. The van der Waals surface area contributed by atoms with Crippen molar-refractivity contribution in [1.29, 1.82) is 0 Å². The Balaban J connectivity index is 1.95. The molecule has 0 bridgehead atoms. The fourth-order valence-electron chi connectivity index (χ4n) is 2.78. The van der Waals surface area contributed by atoms with Gasteiger partial charge in [0, 0.05) is 25.0 Å². The molecule has 1 aliphatic heterocycles. The van der Waals surface area contributed by atoms with Crippen molar-refractivity contribution in [2.45, 2.75) is 44.6 Å². The highest BCUT2D eigenvalue weighted by molar-refractivity contribution is 5.79. The quantitative estimate of drug-likeness (QED) is 0.719. The van der Waals surface area contributed by atoms with Crippen LogP contribution in [0.5, 0.6) is 0 Å². The van der Waals surface area contributed by atoms with Gasteiger partial charge < -0.3 is 10.6 Å². The lowest BCUT2D eigenvalue weighted by molar-refractivity contribution is -0.136. The summed E-state index contributed by atoms with van der Waals surface area (Å²) in [5.41, 5.74) is 5.67. The van der Waals surface area contributed by atoms with Gasteiger partial charge in [0.2, 0.25) is 5.91 Å². The molecule has 1 heterocycles. The van der Waals surface area contributed by atoms with E-state index in [1.54, 1.807) is 0 Å². The van der Waals surface area contributed by atoms with Gasteiger partial charge in [-0.25, -0.2) is 0 Å². The highest BCUT2D eigenvalue weighted by Crippen LogP contribution is 2.29. The Labute approximate surface area is 85.6 Å². The summed E-state index contributed by atoms with van der Waals surface area (Å²) in [6, 6.07) is 0.336. The van der Waals surface area contributed by atoms with E-state index in [1.807, 2.05) is 4.90 Å². The topological polar surface area (TPSA) is 46.3 Å². The predicted molar refractivity (Wildman–Crippen MR) is 55.7 cm³/mol. The third-order valence-corrected chi connectivity index (χ3v) is 3.64. The van der Waals surface area contributed by atoms with Crippen LogP contribution in [0.25, 0.3) is 0 Å². The molecule has 3 heteroatoms. The molecule has 1 aliphatic carbocycles. The molecule has 1 amide bonds. The molecule has 2 N–H and O–H groups in total. The van der Waals surface area contributed by atoms with Crippen LogP contribution in [0.15, 0.2) is 0 Å². The largest absolute Gasteiger partial charge is 0.338 e. The summed E-state index contributed by atoms with van der Waals surface area (Å²) in [4.78, 5) is 14.1. The summed E-state index contributed by atoms with van der Waals surface area (Å²) in [7, 11) is 0. The molecule has 80 valence electrons. The van der Waals surface area contributed by atoms with Crippen LogP contribution < -0.4 is 5.73 Å². The Morgan fingerprint density at radius 3 is 2.57 bits per heavy atom. The monoisotopic (exact) mass is 196 g/mol. The first kappa shape index (κ1) is 9.97. The first-order valence-electron chi connectivity index (χ1n) is 5.83. The van der Waals surface area contributed by atoms with Crippen molar-refractivity contribution in [1.82, 2.24) is 4.90 Å². The molecular formula is C11H20N2O. The van der Waals surface area contributed by atoms with Gasteiger partial charge in [0.15, 0.2) is 0 Å². The van der Waals surface area contributed by atoms with E-state index in [4.69, 9.17) is 5.73 Å². The summed E-state index contributed by atoms with van der Waals surface area (Å²) in [6.07, 6.45) is 6.92. The highest BCUT2D eigenvalue weighted by atomic mass is 16.2. The number of hydrogen-bond donors (Lipinski definition) is 1. The zero-order valence-corrected chi connectivity index (χ0v) is 8.74. The first-order valence-corrected chi connectivity index (χ1v) is 5.83. The molecule has 1 atom stereocenters. The Bertz CT molecular complexity index is 211. The molecule has 14 heavy (non-hydrogen) atoms. The Hall–Kier alpha value is -0.570. The van der Waals surface area contributed by atoms with Gasteiger partial charge in [-0.15, -0.1) is 0 Å². The molecule has 0 aromatic rings. The Morgan fingerprint density at radius 2 is 1.93 bits per heavy atom. The second-order valence-electron chi connectivity index (χ2n) is 4.54. The van der Waals surface area contributed by atoms with Crippen LogP contribution in [0.3, 0.4) is 0 Å². The second-order valence-corrected chi connectivity index (χ2v) is 4.54. The zero-order chi connectivity index (χ0) is 9.97. The summed E-state index contributed by atoms with van der Waals surface area (Å²) in [5, 5.41) is 0. The molecule has 2 fully saturated rings. The minimum Gasteiger partial charge on any atom is -0.338 e. The number of carbonyl (C=O) groups is 1. The van der Waals surface area contributed by atoms with E-state index in [9.17, 15) is 4.79 Å². The number of nitrogens with zero attached hydrogens (tertiary/aromatic N) is 1.